The van der Waals surface area contributed by atoms with Crippen LogP contribution >= 0.6 is 0 Å². The first-order valence-corrected chi connectivity index (χ1v) is 9.07. The average molecular weight is 362 g/mol. The molecule has 142 valence electrons. The summed E-state index contributed by atoms with van der Waals surface area (Å²) in [5.41, 5.74) is 0.512. The number of amides is 3. The lowest BCUT2D eigenvalue weighted by molar-refractivity contribution is 0.0928. The van der Waals surface area contributed by atoms with Crippen LogP contribution in [0.3, 0.4) is 0 Å². The molecule has 2 aliphatic rings. The Morgan fingerprint density at radius 1 is 1.35 bits per heavy atom. The first kappa shape index (κ1) is 18.4. The monoisotopic (exact) mass is 362 g/mol. The van der Waals surface area contributed by atoms with Gasteiger partial charge in [0.05, 0.1) is 12.6 Å². The van der Waals surface area contributed by atoms with E-state index in [0.29, 0.717) is 38.3 Å². The maximum absolute atomic E-state index is 12.7. The summed E-state index contributed by atoms with van der Waals surface area (Å²) in [6.45, 7) is 5.05. The number of nitrogens with one attached hydrogen (secondary N) is 1. The SMILES string of the molecule is Cc1ccn(CC2CCCO2)c(=O)c1C(=O)NCCN1CCN(C)C1=O. The van der Waals surface area contributed by atoms with Gasteiger partial charge in [-0.1, -0.05) is 0 Å². The van der Waals surface area contributed by atoms with Gasteiger partial charge in [-0.05, 0) is 31.4 Å². The molecule has 1 N–H and O–H groups in total. The molecule has 3 heterocycles. The molecular weight excluding hydrogens is 336 g/mol. The van der Waals surface area contributed by atoms with E-state index in [-0.39, 0.29) is 23.3 Å². The lowest BCUT2D eigenvalue weighted by atomic mass is 10.1. The quantitative estimate of drug-likeness (QED) is 0.796. The van der Waals surface area contributed by atoms with Gasteiger partial charge in [0.2, 0.25) is 0 Å². The zero-order chi connectivity index (χ0) is 18.7. The number of pyridine rings is 1. The van der Waals surface area contributed by atoms with Crippen LogP contribution in [0, 0.1) is 6.92 Å². The number of carbonyl (C=O) groups is 2. The Labute approximate surface area is 152 Å². The Hall–Kier alpha value is -2.35. The first-order chi connectivity index (χ1) is 12.5. The second-order valence-corrected chi connectivity index (χ2v) is 6.91. The Balaban J connectivity index is 1.62. The lowest BCUT2D eigenvalue weighted by Gasteiger charge is -2.17. The van der Waals surface area contributed by atoms with Crippen molar-refractivity contribution < 1.29 is 14.3 Å². The van der Waals surface area contributed by atoms with Crippen molar-refractivity contribution in [2.75, 3.05) is 39.8 Å². The van der Waals surface area contributed by atoms with E-state index in [1.165, 1.54) is 0 Å². The van der Waals surface area contributed by atoms with E-state index < -0.39 is 5.91 Å². The Kier molecular flexibility index (Phi) is 5.61. The number of hydrogen-bond donors (Lipinski definition) is 1. The van der Waals surface area contributed by atoms with Crippen molar-refractivity contribution in [1.82, 2.24) is 19.7 Å². The van der Waals surface area contributed by atoms with E-state index in [1.807, 2.05) is 0 Å². The van der Waals surface area contributed by atoms with Gasteiger partial charge >= 0.3 is 6.03 Å². The number of likely N-dealkylation sites (N-methyl/N-ethyl adjacent to an activating group) is 1. The van der Waals surface area contributed by atoms with Crippen LogP contribution < -0.4 is 10.9 Å². The molecule has 0 radical (unpaired) electrons. The van der Waals surface area contributed by atoms with Crippen molar-refractivity contribution in [1.29, 1.82) is 0 Å². The Morgan fingerprint density at radius 2 is 2.15 bits per heavy atom. The van der Waals surface area contributed by atoms with Crippen molar-refractivity contribution in [3.8, 4) is 0 Å². The molecule has 3 amide bonds. The number of aryl methyl sites for hydroxylation is 1. The second-order valence-electron chi connectivity index (χ2n) is 6.91. The molecule has 8 nitrogen and oxygen atoms in total. The minimum atomic E-state index is -0.394. The normalized spacial score (nSPS) is 20.1. The third-order valence-electron chi connectivity index (χ3n) is 4.99. The van der Waals surface area contributed by atoms with Crippen LogP contribution in [-0.2, 0) is 11.3 Å². The smallest absolute Gasteiger partial charge is 0.319 e. The van der Waals surface area contributed by atoms with Gasteiger partial charge in [-0.2, -0.15) is 0 Å². The predicted molar refractivity (Wildman–Crippen MR) is 96.3 cm³/mol. The van der Waals surface area contributed by atoms with Crippen LogP contribution in [0.15, 0.2) is 17.1 Å². The molecule has 0 bridgehead atoms. The number of rotatable bonds is 6. The molecule has 8 heteroatoms. The van der Waals surface area contributed by atoms with Crippen LogP contribution in [0.5, 0.6) is 0 Å². The predicted octanol–water partition coefficient (Wildman–Crippen LogP) is 0.433. The molecule has 1 unspecified atom stereocenters. The van der Waals surface area contributed by atoms with Crippen molar-refractivity contribution in [2.24, 2.45) is 0 Å². The highest BCUT2D eigenvalue weighted by atomic mass is 16.5. The molecule has 0 spiro atoms. The molecule has 2 fully saturated rings. The van der Waals surface area contributed by atoms with Gasteiger partial charge in [-0.3, -0.25) is 9.59 Å². The number of urea groups is 1. The van der Waals surface area contributed by atoms with Gasteiger partial charge in [0, 0.05) is 46.0 Å². The fourth-order valence-electron chi connectivity index (χ4n) is 3.40. The fraction of sp³-hybridized carbons (Fsp3) is 0.611. The zero-order valence-electron chi connectivity index (χ0n) is 15.4. The highest BCUT2D eigenvalue weighted by Gasteiger charge is 2.25. The number of aromatic nitrogens is 1. The van der Waals surface area contributed by atoms with Gasteiger partial charge in [0.1, 0.15) is 5.56 Å². The number of hydrogen-bond acceptors (Lipinski definition) is 4. The Bertz CT molecular complexity index is 739. The molecule has 2 aliphatic heterocycles. The second kappa shape index (κ2) is 7.90. The zero-order valence-corrected chi connectivity index (χ0v) is 15.4. The number of nitrogens with zero attached hydrogens (tertiary/aromatic N) is 3. The van der Waals surface area contributed by atoms with Crippen LogP contribution in [0.25, 0.3) is 0 Å². The van der Waals surface area contributed by atoms with Crippen LogP contribution in [0.2, 0.25) is 0 Å². The molecule has 1 aromatic rings. The molecule has 2 saturated heterocycles. The van der Waals surface area contributed by atoms with Crippen molar-refractivity contribution in [3.05, 3.63) is 33.7 Å². The van der Waals surface area contributed by atoms with Gasteiger partial charge in [0.25, 0.3) is 11.5 Å². The van der Waals surface area contributed by atoms with Crippen LogP contribution in [0.1, 0.15) is 28.8 Å². The number of carbonyl (C=O) groups excluding carboxylic acids is 2. The van der Waals surface area contributed by atoms with Crippen molar-refractivity contribution in [2.45, 2.75) is 32.4 Å². The topological polar surface area (TPSA) is 83.9 Å². The summed E-state index contributed by atoms with van der Waals surface area (Å²) in [7, 11) is 1.75. The first-order valence-electron chi connectivity index (χ1n) is 9.07. The van der Waals surface area contributed by atoms with Gasteiger partial charge < -0.3 is 24.4 Å². The molecule has 1 atom stereocenters. The minimum Gasteiger partial charge on any atom is -0.376 e. The van der Waals surface area contributed by atoms with E-state index in [0.717, 1.165) is 19.4 Å². The van der Waals surface area contributed by atoms with E-state index in [4.69, 9.17) is 4.74 Å². The van der Waals surface area contributed by atoms with Crippen molar-refractivity contribution in [3.63, 3.8) is 0 Å². The summed E-state index contributed by atoms with van der Waals surface area (Å²) in [4.78, 5) is 40.4. The minimum absolute atomic E-state index is 0.0319. The van der Waals surface area contributed by atoms with E-state index >= 15 is 0 Å². The molecule has 3 rings (SSSR count). The van der Waals surface area contributed by atoms with Gasteiger partial charge in [0.15, 0.2) is 0 Å². The molecule has 1 aromatic heterocycles. The molecule has 26 heavy (non-hydrogen) atoms. The highest BCUT2D eigenvalue weighted by molar-refractivity contribution is 5.95. The maximum atomic E-state index is 12.7. The van der Waals surface area contributed by atoms with E-state index in [1.54, 1.807) is 40.6 Å². The summed E-state index contributed by atoms with van der Waals surface area (Å²) in [6.07, 6.45) is 3.68. The Morgan fingerprint density at radius 3 is 2.81 bits per heavy atom. The summed E-state index contributed by atoms with van der Waals surface area (Å²) in [5, 5.41) is 2.77. The fourth-order valence-corrected chi connectivity index (χ4v) is 3.40. The van der Waals surface area contributed by atoms with Crippen LogP contribution in [0.4, 0.5) is 4.79 Å². The molecular formula is C18H26N4O4. The van der Waals surface area contributed by atoms with E-state index in [9.17, 15) is 14.4 Å². The van der Waals surface area contributed by atoms with Gasteiger partial charge in [-0.15, -0.1) is 0 Å². The van der Waals surface area contributed by atoms with Crippen molar-refractivity contribution >= 4 is 11.9 Å². The largest absolute Gasteiger partial charge is 0.376 e. The third kappa shape index (κ3) is 3.90. The molecule has 0 aromatic carbocycles. The molecule has 0 saturated carbocycles. The summed E-state index contributed by atoms with van der Waals surface area (Å²) < 4.78 is 7.13. The summed E-state index contributed by atoms with van der Waals surface area (Å²) in [5.74, 6) is -0.394. The molecule has 0 aliphatic carbocycles. The third-order valence-corrected chi connectivity index (χ3v) is 4.99. The maximum Gasteiger partial charge on any atom is 0.319 e. The average Bonchev–Trinajstić information content (AvgIpc) is 3.23. The summed E-state index contributed by atoms with van der Waals surface area (Å²) >= 11 is 0. The lowest BCUT2D eigenvalue weighted by Crippen LogP contribution is -2.40. The standard InChI is InChI=1S/C18H26N4O4/c1-13-5-7-22(12-14-4-3-11-26-14)17(24)15(13)16(23)19-6-8-21-10-9-20(2)18(21)25/h5,7,14H,3-4,6,8-12H2,1-2H3,(H,19,23). The highest BCUT2D eigenvalue weighted by Crippen LogP contribution is 2.13. The summed E-state index contributed by atoms with van der Waals surface area (Å²) in [6, 6.07) is 1.75. The van der Waals surface area contributed by atoms with Gasteiger partial charge in [-0.25, -0.2) is 4.79 Å². The van der Waals surface area contributed by atoms with E-state index in [2.05, 4.69) is 5.32 Å². The van der Waals surface area contributed by atoms with Crippen LogP contribution in [-0.4, -0.2) is 72.2 Å². The number of ether oxygens (including phenoxy) is 1.